The first-order chi connectivity index (χ1) is 10.5. The Morgan fingerprint density at radius 2 is 1.91 bits per heavy atom. The van der Waals surface area contributed by atoms with Crippen molar-refractivity contribution in [2.45, 2.75) is 44.4 Å². The summed E-state index contributed by atoms with van der Waals surface area (Å²) in [5, 5.41) is 3.00. The number of nitrogens with one attached hydrogen (secondary N) is 1. The molecule has 1 saturated heterocycles. The standard InChI is InChI=1S/C17H23N3O2/c1-9-8-12-14-13(16(21)20(17(14)22)19(2)3)10-6-4-5-7-11(10)15(12)18-9/h8,10-11,13-14,18H,4-7H2,1-3H3/t10?,11?,13-,14+/m0/s1. The summed E-state index contributed by atoms with van der Waals surface area (Å²) in [6, 6.07) is 2.09. The van der Waals surface area contributed by atoms with Gasteiger partial charge in [0.05, 0.1) is 11.8 Å². The highest BCUT2D eigenvalue weighted by molar-refractivity contribution is 6.08. The van der Waals surface area contributed by atoms with E-state index >= 15 is 0 Å². The Labute approximate surface area is 130 Å². The number of imide groups is 1. The van der Waals surface area contributed by atoms with Crippen LogP contribution in [0.2, 0.25) is 0 Å². The van der Waals surface area contributed by atoms with Gasteiger partial charge in [0, 0.05) is 31.4 Å². The van der Waals surface area contributed by atoms with Crippen molar-refractivity contribution in [1.29, 1.82) is 0 Å². The van der Waals surface area contributed by atoms with E-state index < -0.39 is 0 Å². The van der Waals surface area contributed by atoms with E-state index in [1.54, 1.807) is 19.1 Å². The summed E-state index contributed by atoms with van der Waals surface area (Å²) in [6.07, 6.45) is 4.58. The van der Waals surface area contributed by atoms with Gasteiger partial charge in [0.25, 0.3) is 5.91 Å². The molecule has 1 N–H and O–H groups in total. The molecule has 0 aromatic carbocycles. The fourth-order valence-electron chi connectivity index (χ4n) is 4.97. The number of aryl methyl sites for hydroxylation is 1. The maximum absolute atomic E-state index is 12.9. The lowest BCUT2D eigenvalue weighted by Crippen LogP contribution is -2.43. The molecule has 1 aromatic rings. The van der Waals surface area contributed by atoms with E-state index in [0.29, 0.717) is 11.8 Å². The predicted molar refractivity (Wildman–Crippen MR) is 82.0 cm³/mol. The minimum absolute atomic E-state index is 0.00130. The molecule has 2 unspecified atom stereocenters. The molecule has 5 heteroatoms. The number of H-pyrrole nitrogens is 1. The number of carbonyl (C=O) groups excluding carboxylic acids is 2. The summed E-state index contributed by atoms with van der Waals surface area (Å²) >= 11 is 0. The summed E-state index contributed by atoms with van der Waals surface area (Å²) in [4.78, 5) is 29.3. The summed E-state index contributed by atoms with van der Waals surface area (Å²) in [6.45, 7) is 2.04. The normalized spacial score (nSPS) is 33.9. The van der Waals surface area contributed by atoms with E-state index in [9.17, 15) is 9.59 Å². The number of hydrogen-bond donors (Lipinski definition) is 1. The number of fused-ring (bicyclic) bond motifs is 6. The number of hydrazine groups is 1. The van der Waals surface area contributed by atoms with E-state index in [4.69, 9.17) is 0 Å². The van der Waals surface area contributed by atoms with Crippen molar-refractivity contribution in [1.82, 2.24) is 15.0 Å². The predicted octanol–water partition coefficient (Wildman–Crippen LogP) is 2.16. The van der Waals surface area contributed by atoms with Gasteiger partial charge in [-0.3, -0.25) is 9.59 Å². The van der Waals surface area contributed by atoms with Gasteiger partial charge in [0.2, 0.25) is 5.91 Å². The van der Waals surface area contributed by atoms with Crippen LogP contribution in [0.15, 0.2) is 6.07 Å². The molecule has 3 aliphatic rings. The van der Waals surface area contributed by atoms with Crippen molar-refractivity contribution in [3.63, 3.8) is 0 Å². The van der Waals surface area contributed by atoms with Crippen LogP contribution >= 0.6 is 0 Å². The lowest BCUT2D eigenvalue weighted by molar-refractivity contribution is -0.154. The van der Waals surface area contributed by atoms with Gasteiger partial charge in [-0.2, -0.15) is 0 Å². The molecular weight excluding hydrogens is 278 g/mol. The number of nitrogens with zero attached hydrogens (tertiary/aromatic N) is 2. The van der Waals surface area contributed by atoms with Crippen molar-refractivity contribution in [3.05, 3.63) is 23.0 Å². The Bertz CT molecular complexity index is 648. The molecule has 2 fully saturated rings. The first-order valence-corrected chi connectivity index (χ1v) is 8.25. The third kappa shape index (κ3) is 1.69. The monoisotopic (exact) mass is 301 g/mol. The van der Waals surface area contributed by atoms with E-state index in [1.807, 2.05) is 6.92 Å². The van der Waals surface area contributed by atoms with E-state index in [2.05, 4.69) is 11.1 Å². The molecule has 1 aliphatic heterocycles. The molecule has 1 saturated carbocycles. The fourth-order valence-corrected chi connectivity index (χ4v) is 4.97. The van der Waals surface area contributed by atoms with Gasteiger partial charge in [-0.05, 0) is 37.3 Å². The van der Waals surface area contributed by atoms with Crippen molar-refractivity contribution in [2.75, 3.05) is 14.1 Å². The van der Waals surface area contributed by atoms with Gasteiger partial charge in [-0.15, -0.1) is 0 Å². The van der Waals surface area contributed by atoms with Crippen molar-refractivity contribution >= 4 is 11.8 Å². The minimum atomic E-state index is -0.283. The molecule has 2 amide bonds. The summed E-state index contributed by atoms with van der Waals surface area (Å²) in [5.74, 6) is 0.228. The maximum Gasteiger partial charge on any atom is 0.252 e. The molecule has 4 rings (SSSR count). The van der Waals surface area contributed by atoms with E-state index in [0.717, 1.165) is 24.1 Å². The topological polar surface area (TPSA) is 56.4 Å². The Morgan fingerprint density at radius 3 is 2.64 bits per heavy atom. The molecule has 2 aliphatic carbocycles. The summed E-state index contributed by atoms with van der Waals surface area (Å²) in [7, 11) is 3.55. The number of hydrogen-bond acceptors (Lipinski definition) is 3. The zero-order valence-corrected chi connectivity index (χ0v) is 13.4. The second-order valence-corrected chi connectivity index (χ2v) is 7.22. The summed E-state index contributed by atoms with van der Waals surface area (Å²) in [5.41, 5.74) is 3.40. The van der Waals surface area contributed by atoms with E-state index in [1.165, 1.54) is 23.5 Å². The molecule has 118 valence electrons. The highest BCUT2D eigenvalue weighted by atomic mass is 16.2. The average Bonchev–Trinajstić information content (AvgIpc) is 2.97. The largest absolute Gasteiger partial charge is 0.362 e. The molecule has 0 radical (unpaired) electrons. The van der Waals surface area contributed by atoms with Crippen molar-refractivity contribution < 1.29 is 9.59 Å². The van der Waals surface area contributed by atoms with Gasteiger partial charge in [-0.1, -0.05) is 12.8 Å². The van der Waals surface area contributed by atoms with Gasteiger partial charge < -0.3 is 4.98 Å². The minimum Gasteiger partial charge on any atom is -0.362 e. The third-order valence-electron chi connectivity index (χ3n) is 5.73. The SMILES string of the molecule is Cc1cc2c([nH]1)C1CCCCC1[C@@H]1C(=O)N(N(C)C)C(=O)[C@H]21. The van der Waals surface area contributed by atoms with Crippen LogP contribution in [0.5, 0.6) is 0 Å². The third-order valence-corrected chi connectivity index (χ3v) is 5.73. The van der Waals surface area contributed by atoms with Crippen LogP contribution < -0.4 is 0 Å². The number of amides is 2. The molecule has 5 nitrogen and oxygen atoms in total. The van der Waals surface area contributed by atoms with Crippen LogP contribution in [0.1, 0.15) is 54.5 Å². The lowest BCUT2D eigenvalue weighted by atomic mass is 9.62. The Balaban J connectivity index is 1.87. The Morgan fingerprint density at radius 1 is 1.18 bits per heavy atom. The molecular formula is C17H23N3O2. The Kier molecular flexibility index (Phi) is 2.98. The lowest BCUT2D eigenvalue weighted by Gasteiger charge is -2.40. The Hall–Kier alpha value is -1.62. The average molecular weight is 301 g/mol. The maximum atomic E-state index is 12.9. The van der Waals surface area contributed by atoms with Gasteiger partial charge in [0.15, 0.2) is 0 Å². The number of rotatable bonds is 1. The zero-order chi connectivity index (χ0) is 15.6. The first kappa shape index (κ1) is 14.0. The second kappa shape index (κ2) is 4.69. The van der Waals surface area contributed by atoms with Crippen LogP contribution in [0.3, 0.4) is 0 Å². The van der Waals surface area contributed by atoms with Crippen molar-refractivity contribution in [3.8, 4) is 0 Å². The fraction of sp³-hybridized carbons (Fsp3) is 0.647. The first-order valence-electron chi connectivity index (χ1n) is 8.25. The number of carbonyl (C=O) groups is 2. The van der Waals surface area contributed by atoms with Crippen molar-refractivity contribution in [2.24, 2.45) is 11.8 Å². The highest BCUT2D eigenvalue weighted by Crippen LogP contribution is 2.55. The number of aromatic amines is 1. The van der Waals surface area contributed by atoms with Crippen LogP contribution in [0.25, 0.3) is 0 Å². The van der Waals surface area contributed by atoms with Crippen LogP contribution in [0, 0.1) is 18.8 Å². The number of aromatic nitrogens is 1. The van der Waals surface area contributed by atoms with Gasteiger partial charge in [-0.25, -0.2) is 10.0 Å². The second-order valence-electron chi connectivity index (χ2n) is 7.22. The molecule has 1 aromatic heterocycles. The van der Waals surface area contributed by atoms with Crippen LogP contribution in [0.4, 0.5) is 0 Å². The van der Waals surface area contributed by atoms with Crippen LogP contribution in [-0.2, 0) is 9.59 Å². The van der Waals surface area contributed by atoms with E-state index in [-0.39, 0.29) is 23.7 Å². The van der Waals surface area contributed by atoms with Crippen LogP contribution in [-0.4, -0.2) is 40.9 Å². The molecule has 22 heavy (non-hydrogen) atoms. The smallest absolute Gasteiger partial charge is 0.252 e. The molecule has 0 bridgehead atoms. The highest BCUT2D eigenvalue weighted by Gasteiger charge is 2.58. The van der Waals surface area contributed by atoms with Gasteiger partial charge >= 0.3 is 0 Å². The zero-order valence-electron chi connectivity index (χ0n) is 13.4. The summed E-state index contributed by atoms with van der Waals surface area (Å²) < 4.78 is 0. The van der Waals surface area contributed by atoms with Gasteiger partial charge in [0.1, 0.15) is 0 Å². The molecule has 2 heterocycles. The molecule has 4 atom stereocenters. The molecule has 0 spiro atoms. The quantitative estimate of drug-likeness (QED) is 0.809.